The van der Waals surface area contributed by atoms with Crippen molar-refractivity contribution in [3.63, 3.8) is 0 Å². The molecule has 1 fully saturated rings. The van der Waals surface area contributed by atoms with E-state index in [4.69, 9.17) is 9.47 Å². The zero-order chi connectivity index (χ0) is 19.8. The monoisotopic (exact) mass is 388 g/mol. The van der Waals surface area contributed by atoms with Gasteiger partial charge in [0.25, 0.3) is 0 Å². The standard InChI is InChI=1S/C17H18N5O6/c1-27-17(26)9-3-2-4-21(5-9)14-11-15(19-7-18-14)22(8-20-11)16-13(25)12(24)10(6-23)28-16/h2-5,7-8,10,12-13,16,23-25H,6H2,1H3/q+1. The summed E-state index contributed by atoms with van der Waals surface area (Å²) in [4.78, 5) is 24.5. The molecule has 0 aliphatic carbocycles. The molecule has 3 N–H and O–H groups in total. The Morgan fingerprint density at radius 2 is 2.14 bits per heavy atom. The Balaban J connectivity index is 1.77. The lowest BCUT2D eigenvalue weighted by Crippen LogP contribution is -2.33. The van der Waals surface area contributed by atoms with E-state index in [2.05, 4.69) is 15.0 Å². The number of carbonyl (C=O) groups excluding carboxylic acids is 1. The molecule has 28 heavy (non-hydrogen) atoms. The second-order valence-electron chi connectivity index (χ2n) is 6.24. The number of fused-ring (bicyclic) bond motifs is 1. The average molecular weight is 388 g/mol. The topological polar surface area (TPSA) is 144 Å². The highest BCUT2D eigenvalue weighted by Crippen LogP contribution is 2.31. The van der Waals surface area contributed by atoms with Gasteiger partial charge in [-0.1, -0.05) is 0 Å². The first-order valence-corrected chi connectivity index (χ1v) is 8.45. The minimum Gasteiger partial charge on any atom is -0.465 e. The number of hydrogen-bond acceptors (Lipinski definition) is 9. The average Bonchev–Trinajstić information content (AvgIpc) is 3.28. The van der Waals surface area contributed by atoms with Gasteiger partial charge in [0.1, 0.15) is 24.5 Å². The maximum Gasteiger partial charge on any atom is 0.359 e. The smallest absolute Gasteiger partial charge is 0.359 e. The number of methoxy groups -OCH3 is 1. The van der Waals surface area contributed by atoms with Gasteiger partial charge in [0.2, 0.25) is 11.8 Å². The fourth-order valence-electron chi connectivity index (χ4n) is 3.17. The number of rotatable bonds is 4. The van der Waals surface area contributed by atoms with Crippen molar-refractivity contribution < 1.29 is 34.2 Å². The molecule has 11 nitrogen and oxygen atoms in total. The van der Waals surface area contributed by atoms with Crippen LogP contribution in [0.4, 0.5) is 0 Å². The van der Waals surface area contributed by atoms with Crippen LogP contribution >= 0.6 is 0 Å². The van der Waals surface area contributed by atoms with Crippen molar-refractivity contribution in [2.45, 2.75) is 24.5 Å². The number of aromatic nitrogens is 5. The lowest BCUT2D eigenvalue weighted by molar-refractivity contribution is -0.598. The van der Waals surface area contributed by atoms with Crippen molar-refractivity contribution in [2.75, 3.05) is 13.7 Å². The van der Waals surface area contributed by atoms with Crippen LogP contribution in [0.3, 0.4) is 0 Å². The van der Waals surface area contributed by atoms with Gasteiger partial charge in [-0.3, -0.25) is 4.57 Å². The molecular formula is C17H18N5O6+. The second kappa shape index (κ2) is 7.20. The summed E-state index contributed by atoms with van der Waals surface area (Å²) in [6.07, 6.45) is 1.60. The highest BCUT2D eigenvalue weighted by atomic mass is 16.6. The van der Waals surface area contributed by atoms with Crippen molar-refractivity contribution in [3.8, 4) is 5.82 Å². The van der Waals surface area contributed by atoms with Gasteiger partial charge < -0.3 is 24.8 Å². The number of ether oxygens (including phenoxy) is 2. The summed E-state index contributed by atoms with van der Waals surface area (Å²) in [5.41, 5.74) is 1.09. The molecule has 4 unspecified atom stereocenters. The molecule has 3 aromatic heterocycles. The SMILES string of the molecule is COC(=O)c1ccc[n+](-c2ncnc3c2ncn3C2OC(CO)C(O)C2O)c1. The van der Waals surface area contributed by atoms with Crippen LogP contribution in [0, 0.1) is 0 Å². The second-order valence-corrected chi connectivity index (χ2v) is 6.24. The summed E-state index contributed by atoms with van der Waals surface area (Å²) < 4.78 is 13.3. The van der Waals surface area contributed by atoms with Crippen LogP contribution in [0.2, 0.25) is 0 Å². The van der Waals surface area contributed by atoms with Crippen LogP contribution in [-0.2, 0) is 9.47 Å². The fraction of sp³-hybridized carbons (Fsp3) is 0.353. The molecule has 1 aliphatic rings. The Morgan fingerprint density at radius 1 is 1.32 bits per heavy atom. The van der Waals surface area contributed by atoms with Crippen LogP contribution in [0.1, 0.15) is 16.6 Å². The molecule has 1 aliphatic heterocycles. The molecular weight excluding hydrogens is 370 g/mol. The van der Waals surface area contributed by atoms with Crippen LogP contribution in [0.5, 0.6) is 0 Å². The Hall–Kier alpha value is -2.99. The molecule has 0 spiro atoms. The summed E-state index contributed by atoms with van der Waals surface area (Å²) >= 11 is 0. The molecule has 0 bridgehead atoms. The molecule has 0 radical (unpaired) electrons. The molecule has 4 atom stereocenters. The zero-order valence-corrected chi connectivity index (χ0v) is 14.8. The number of hydrogen-bond donors (Lipinski definition) is 3. The van der Waals surface area contributed by atoms with Crippen molar-refractivity contribution in [1.82, 2.24) is 19.5 Å². The molecule has 146 valence electrons. The van der Waals surface area contributed by atoms with Crippen molar-refractivity contribution in [2.24, 2.45) is 0 Å². The van der Waals surface area contributed by atoms with Crippen molar-refractivity contribution >= 4 is 17.1 Å². The third kappa shape index (κ3) is 2.90. The maximum absolute atomic E-state index is 11.8. The molecule has 4 rings (SSSR count). The normalized spacial score (nSPS) is 24.6. The van der Waals surface area contributed by atoms with E-state index in [9.17, 15) is 20.1 Å². The molecule has 0 amide bonds. The van der Waals surface area contributed by atoms with Crippen LogP contribution in [-0.4, -0.2) is 72.8 Å². The van der Waals surface area contributed by atoms with Crippen LogP contribution in [0.25, 0.3) is 17.0 Å². The van der Waals surface area contributed by atoms with Gasteiger partial charge in [-0.25, -0.2) is 14.3 Å². The third-order valence-electron chi connectivity index (χ3n) is 4.60. The van der Waals surface area contributed by atoms with Gasteiger partial charge in [-0.2, -0.15) is 4.98 Å². The number of aliphatic hydroxyl groups is 3. The molecule has 3 aromatic rings. The van der Waals surface area contributed by atoms with E-state index in [1.165, 1.54) is 24.3 Å². The molecule has 0 aromatic carbocycles. The highest BCUT2D eigenvalue weighted by molar-refractivity contribution is 5.88. The quantitative estimate of drug-likeness (QED) is 0.359. The summed E-state index contributed by atoms with van der Waals surface area (Å²) in [5, 5.41) is 29.5. The Kier molecular flexibility index (Phi) is 4.73. The van der Waals surface area contributed by atoms with Gasteiger partial charge in [-0.05, 0) is 17.1 Å². The first-order chi connectivity index (χ1) is 13.5. The van der Waals surface area contributed by atoms with Gasteiger partial charge in [-0.15, -0.1) is 0 Å². The molecule has 4 heterocycles. The van der Waals surface area contributed by atoms with E-state index in [0.717, 1.165) is 0 Å². The summed E-state index contributed by atoms with van der Waals surface area (Å²) in [6, 6.07) is 3.28. The van der Waals surface area contributed by atoms with Crippen LogP contribution < -0.4 is 4.57 Å². The predicted octanol–water partition coefficient (Wildman–Crippen LogP) is -1.50. The number of carbonyl (C=O) groups is 1. The van der Waals surface area contributed by atoms with Gasteiger partial charge in [0, 0.05) is 0 Å². The van der Waals surface area contributed by atoms with E-state index in [1.807, 2.05) is 0 Å². The molecule has 1 saturated heterocycles. The first kappa shape index (κ1) is 18.4. The summed E-state index contributed by atoms with van der Waals surface area (Å²) in [6.45, 7) is -0.433. The van der Waals surface area contributed by atoms with Gasteiger partial charge in [0.05, 0.1) is 31.8 Å². The van der Waals surface area contributed by atoms with E-state index >= 15 is 0 Å². The Bertz CT molecular complexity index is 1020. The minimum atomic E-state index is -1.26. The van der Waals surface area contributed by atoms with E-state index in [0.29, 0.717) is 22.5 Å². The summed E-state index contributed by atoms with van der Waals surface area (Å²) in [5.74, 6) is -0.0852. The number of esters is 1. The van der Waals surface area contributed by atoms with Crippen molar-refractivity contribution in [1.29, 1.82) is 0 Å². The predicted molar refractivity (Wildman–Crippen MR) is 91.2 cm³/mol. The lowest BCUT2D eigenvalue weighted by atomic mass is 10.1. The highest BCUT2D eigenvalue weighted by Gasteiger charge is 2.44. The fourth-order valence-corrected chi connectivity index (χ4v) is 3.17. The maximum atomic E-state index is 11.8. The van der Waals surface area contributed by atoms with Gasteiger partial charge in [0.15, 0.2) is 11.9 Å². The van der Waals surface area contributed by atoms with E-state index in [1.54, 1.807) is 29.1 Å². The third-order valence-corrected chi connectivity index (χ3v) is 4.60. The van der Waals surface area contributed by atoms with Crippen molar-refractivity contribution in [3.05, 3.63) is 42.7 Å². The number of imidazole rings is 1. The number of aliphatic hydroxyl groups excluding tert-OH is 3. The minimum absolute atomic E-state index is 0.333. The lowest BCUT2D eigenvalue weighted by Gasteiger charge is -2.16. The number of nitrogens with zero attached hydrogens (tertiary/aromatic N) is 5. The molecule has 0 saturated carbocycles. The Labute approximate surface area is 158 Å². The molecule has 11 heteroatoms. The first-order valence-electron chi connectivity index (χ1n) is 8.45. The number of pyridine rings is 1. The zero-order valence-electron chi connectivity index (χ0n) is 14.8. The Morgan fingerprint density at radius 3 is 2.86 bits per heavy atom. The van der Waals surface area contributed by atoms with Gasteiger partial charge >= 0.3 is 11.8 Å². The summed E-state index contributed by atoms with van der Waals surface area (Å²) in [7, 11) is 1.30. The van der Waals surface area contributed by atoms with Crippen LogP contribution in [0.15, 0.2) is 37.2 Å². The van der Waals surface area contributed by atoms with E-state index < -0.39 is 37.1 Å². The van der Waals surface area contributed by atoms with E-state index in [-0.39, 0.29) is 0 Å². The largest absolute Gasteiger partial charge is 0.465 e.